The van der Waals surface area contributed by atoms with Gasteiger partial charge in [0.05, 0.1) is 6.04 Å². The van der Waals surface area contributed by atoms with E-state index < -0.39 is 29.7 Å². The van der Waals surface area contributed by atoms with E-state index in [1.165, 1.54) is 0 Å². The Morgan fingerprint density at radius 1 is 1.26 bits per heavy atom. The van der Waals surface area contributed by atoms with E-state index in [0.29, 0.717) is 13.0 Å². The molecule has 19 heavy (non-hydrogen) atoms. The van der Waals surface area contributed by atoms with Gasteiger partial charge < -0.3 is 20.5 Å². The van der Waals surface area contributed by atoms with Gasteiger partial charge in [-0.05, 0) is 34.1 Å². The quantitative estimate of drug-likeness (QED) is 0.678. The molecular weight excluding hydrogens is 248 g/mol. The van der Waals surface area contributed by atoms with E-state index >= 15 is 0 Å². The average Bonchev–Trinajstić information content (AvgIpc) is 2.25. The summed E-state index contributed by atoms with van der Waals surface area (Å²) in [5.41, 5.74) is -0.614. The van der Waals surface area contributed by atoms with Crippen LogP contribution in [0.3, 0.4) is 0 Å². The molecule has 0 aromatic heterocycles. The summed E-state index contributed by atoms with van der Waals surface area (Å²) in [6.45, 7) is 9.36. The SMILES string of the molecule is CCCC(NC(=O)OC(C)(C)C)C(O)C(=O)NCC. The Hall–Kier alpha value is -1.30. The van der Waals surface area contributed by atoms with Crippen molar-refractivity contribution in [3.8, 4) is 0 Å². The van der Waals surface area contributed by atoms with Crippen LogP contribution < -0.4 is 10.6 Å². The molecule has 2 amide bonds. The number of alkyl carbamates (subject to hydrolysis) is 1. The summed E-state index contributed by atoms with van der Waals surface area (Å²) in [5.74, 6) is -0.489. The minimum Gasteiger partial charge on any atom is -0.444 e. The summed E-state index contributed by atoms with van der Waals surface area (Å²) in [7, 11) is 0. The molecule has 0 aromatic rings. The Bertz CT molecular complexity index is 300. The highest BCUT2D eigenvalue weighted by Gasteiger charge is 2.28. The zero-order chi connectivity index (χ0) is 15.1. The van der Waals surface area contributed by atoms with Crippen LogP contribution in [0, 0.1) is 0 Å². The van der Waals surface area contributed by atoms with Gasteiger partial charge in [0.2, 0.25) is 0 Å². The molecule has 3 N–H and O–H groups in total. The maximum Gasteiger partial charge on any atom is 0.407 e. The molecule has 6 heteroatoms. The number of aliphatic hydroxyl groups excluding tert-OH is 1. The fourth-order valence-corrected chi connectivity index (χ4v) is 1.54. The molecule has 0 saturated carbocycles. The van der Waals surface area contributed by atoms with E-state index in [1.54, 1.807) is 27.7 Å². The summed E-state index contributed by atoms with van der Waals surface area (Å²) in [6.07, 6.45) is -0.671. The van der Waals surface area contributed by atoms with Crippen molar-refractivity contribution in [3.05, 3.63) is 0 Å². The van der Waals surface area contributed by atoms with Gasteiger partial charge in [-0.2, -0.15) is 0 Å². The lowest BCUT2D eigenvalue weighted by molar-refractivity contribution is -0.130. The summed E-state index contributed by atoms with van der Waals surface area (Å²) >= 11 is 0. The Morgan fingerprint density at radius 3 is 2.26 bits per heavy atom. The molecule has 0 aliphatic rings. The largest absolute Gasteiger partial charge is 0.444 e. The number of rotatable bonds is 6. The van der Waals surface area contributed by atoms with Crippen molar-refractivity contribution >= 4 is 12.0 Å². The van der Waals surface area contributed by atoms with E-state index in [2.05, 4.69) is 10.6 Å². The normalized spacial score (nSPS) is 14.4. The first-order valence-corrected chi connectivity index (χ1v) is 6.66. The highest BCUT2D eigenvalue weighted by atomic mass is 16.6. The molecule has 2 unspecified atom stereocenters. The van der Waals surface area contributed by atoms with Crippen molar-refractivity contribution in [2.45, 2.75) is 65.2 Å². The lowest BCUT2D eigenvalue weighted by Gasteiger charge is -2.25. The monoisotopic (exact) mass is 274 g/mol. The van der Waals surface area contributed by atoms with Gasteiger partial charge in [-0.3, -0.25) is 4.79 Å². The highest BCUT2D eigenvalue weighted by molar-refractivity contribution is 5.82. The van der Waals surface area contributed by atoms with Crippen molar-refractivity contribution < 1.29 is 19.4 Å². The van der Waals surface area contributed by atoms with Crippen LogP contribution in [0.5, 0.6) is 0 Å². The van der Waals surface area contributed by atoms with Gasteiger partial charge in [0.1, 0.15) is 5.60 Å². The van der Waals surface area contributed by atoms with Gasteiger partial charge in [0, 0.05) is 6.54 Å². The van der Waals surface area contributed by atoms with Crippen molar-refractivity contribution in [2.24, 2.45) is 0 Å². The first kappa shape index (κ1) is 17.7. The van der Waals surface area contributed by atoms with Crippen LogP contribution in [-0.2, 0) is 9.53 Å². The average molecular weight is 274 g/mol. The lowest BCUT2D eigenvalue weighted by atomic mass is 10.1. The number of ether oxygens (including phenoxy) is 1. The molecule has 0 aliphatic carbocycles. The summed E-state index contributed by atoms with van der Waals surface area (Å²) < 4.78 is 5.11. The van der Waals surface area contributed by atoms with Crippen LogP contribution in [0.2, 0.25) is 0 Å². The number of amides is 2. The predicted octanol–water partition coefficient (Wildman–Crippen LogP) is 1.18. The van der Waals surface area contributed by atoms with Gasteiger partial charge in [-0.1, -0.05) is 13.3 Å². The number of carbonyl (C=O) groups is 2. The maximum absolute atomic E-state index is 11.7. The molecule has 2 atom stereocenters. The van der Waals surface area contributed by atoms with E-state index in [-0.39, 0.29) is 0 Å². The standard InChI is InChI=1S/C13H26N2O4/c1-6-8-9(10(16)11(17)14-7-2)15-12(18)19-13(3,4)5/h9-10,16H,6-8H2,1-5H3,(H,14,17)(H,15,18). The molecule has 0 spiro atoms. The third kappa shape index (κ3) is 7.66. The van der Waals surface area contributed by atoms with Crippen LogP contribution in [0.4, 0.5) is 4.79 Å². The predicted molar refractivity (Wildman–Crippen MR) is 72.8 cm³/mol. The molecule has 0 saturated heterocycles. The number of hydrogen-bond donors (Lipinski definition) is 3. The van der Waals surface area contributed by atoms with Crippen LogP contribution in [0.1, 0.15) is 47.5 Å². The Kier molecular flexibility index (Phi) is 7.44. The second-order valence-electron chi connectivity index (χ2n) is 5.38. The van der Waals surface area contributed by atoms with Gasteiger partial charge in [-0.25, -0.2) is 4.79 Å². The molecule has 0 rings (SSSR count). The van der Waals surface area contributed by atoms with Crippen molar-refractivity contribution in [1.29, 1.82) is 0 Å². The van der Waals surface area contributed by atoms with Crippen LogP contribution >= 0.6 is 0 Å². The van der Waals surface area contributed by atoms with Gasteiger partial charge in [0.15, 0.2) is 6.10 Å². The second-order valence-corrected chi connectivity index (χ2v) is 5.38. The number of hydrogen-bond acceptors (Lipinski definition) is 4. The smallest absolute Gasteiger partial charge is 0.407 e. The molecule has 0 aliphatic heterocycles. The van der Waals surface area contributed by atoms with E-state index in [4.69, 9.17) is 4.74 Å². The zero-order valence-electron chi connectivity index (χ0n) is 12.4. The molecule has 0 fully saturated rings. The Labute approximate surface area is 114 Å². The van der Waals surface area contributed by atoms with E-state index in [1.807, 2.05) is 6.92 Å². The van der Waals surface area contributed by atoms with Gasteiger partial charge >= 0.3 is 6.09 Å². The Balaban J connectivity index is 4.55. The van der Waals surface area contributed by atoms with Crippen molar-refractivity contribution in [2.75, 3.05) is 6.54 Å². The Morgan fingerprint density at radius 2 is 1.84 bits per heavy atom. The highest BCUT2D eigenvalue weighted by Crippen LogP contribution is 2.09. The second kappa shape index (κ2) is 7.99. The van der Waals surface area contributed by atoms with Crippen LogP contribution in [-0.4, -0.2) is 41.4 Å². The third-order valence-electron chi connectivity index (χ3n) is 2.30. The van der Waals surface area contributed by atoms with Gasteiger partial charge in [-0.15, -0.1) is 0 Å². The summed E-state index contributed by atoms with van der Waals surface area (Å²) in [6, 6.07) is -0.647. The molecule has 0 heterocycles. The van der Waals surface area contributed by atoms with Crippen molar-refractivity contribution in [1.82, 2.24) is 10.6 Å². The van der Waals surface area contributed by atoms with Crippen LogP contribution in [0.15, 0.2) is 0 Å². The molecule has 0 aromatic carbocycles. The fourth-order valence-electron chi connectivity index (χ4n) is 1.54. The topological polar surface area (TPSA) is 87.7 Å². The summed E-state index contributed by atoms with van der Waals surface area (Å²) in [4.78, 5) is 23.2. The third-order valence-corrected chi connectivity index (χ3v) is 2.30. The molecule has 6 nitrogen and oxygen atoms in total. The first-order valence-electron chi connectivity index (χ1n) is 6.66. The molecule has 112 valence electrons. The molecule has 0 bridgehead atoms. The minimum atomic E-state index is -1.27. The first-order chi connectivity index (χ1) is 8.71. The van der Waals surface area contributed by atoms with Crippen molar-refractivity contribution in [3.63, 3.8) is 0 Å². The van der Waals surface area contributed by atoms with E-state index in [9.17, 15) is 14.7 Å². The number of carbonyl (C=O) groups excluding carboxylic acids is 2. The lowest BCUT2D eigenvalue weighted by Crippen LogP contribution is -2.51. The number of aliphatic hydroxyl groups is 1. The van der Waals surface area contributed by atoms with E-state index in [0.717, 1.165) is 6.42 Å². The molecular formula is C13H26N2O4. The summed E-state index contributed by atoms with van der Waals surface area (Å²) in [5, 5.41) is 15.0. The van der Waals surface area contributed by atoms with Crippen LogP contribution in [0.25, 0.3) is 0 Å². The maximum atomic E-state index is 11.7. The fraction of sp³-hybridized carbons (Fsp3) is 0.846. The van der Waals surface area contributed by atoms with Gasteiger partial charge in [0.25, 0.3) is 5.91 Å². The zero-order valence-corrected chi connectivity index (χ0v) is 12.4. The number of likely N-dealkylation sites (N-methyl/N-ethyl adjacent to an activating group) is 1. The minimum absolute atomic E-state index is 0.432. The molecule has 0 radical (unpaired) electrons. The number of nitrogens with one attached hydrogen (secondary N) is 2.